The van der Waals surface area contributed by atoms with Gasteiger partial charge in [0.1, 0.15) is 5.75 Å². The monoisotopic (exact) mass is 384 g/mol. The number of piperidine rings is 1. The average molecular weight is 384 g/mol. The number of hydrogen-bond acceptors (Lipinski definition) is 5. The fraction of sp³-hybridized carbons (Fsp3) is 0.476. The van der Waals surface area contributed by atoms with Crippen LogP contribution in [0.1, 0.15) is 37.0 Å². The molecule has 7 heteroatoms. The van der Waals surface area contributed by atoms with E-state index in [-0.39, 0.29) is 30.3 Å². The number of hydrogen-bond donors (Lipinski definition) is 1. The SMILES string of the molecule is CC(C)Oc1cccc(C(=O)[C@H]2CCCN(CC(=O)Nc3cnn(C)c3)C2)c1. The van der Waals surface area contributed by atoms with Crippen LogP contribution in [0, 0.1) is 5.92 Å². The summed E-state index contributed by atoms with van der Waals surface area (Å²) < 4.78 is 7.34. The van der Waals surface area contributed by atoms with Crippen LogP contribution >= 0.6 is 0 Å². The Morgan fingerprint density at radius 2 is 2.18 bits per heavy atom. The molecule has 2 heterocycles. The number of amides is 1. The average Bonchev–Trinajstić information content (AvgIpc) is 3.05. The van der Waals surface area contributed by atoms with Crippen LogP contribution in [-0.2, 0) is 11.8 Å². The van der Waals surface area contributed by atoms with Gasteiger partial charge in [0, 0.05) is 31.3 Å². The van der Waals surface area contributed by atoms with E-state index in [0.717, 1.165) is 19.4 Å². The van der Waals surface area contributed by atoms with Gasteiger partial charge < -0.3 is 10.1 Å². The molecule has 0 spiro atoms. The van der Waals surface area contributed by atoms with Crippen LogP contribution in [-0.4, -0.2) is 52.1 Å². The number of aryl methyl sites for hydroxylation is 1. The summed E-state index contributed by atoms with van der Waals surface area (Å²) in [6.07, 6.45) is 5.18. The zero-order valence-corrected chi connectivity index (χ0v) is 16.7. The second-order valence-electron chi connectivity index (χ2n) is 7.58. The maximum Gasteiger partial charge on any atom is 0.238 e. The first-order valence-corrected chi connectivity index (χ1v) is 9.72. The summed E-state index contributed by atoms with van der Waals surface area (Å²) >= 11 is 0. The molecule has 1 saturated heterocycles. The first-order valence-electron chi connectivity index (χ1n) is 9.72. The molecule has 0 aliphatic carbocycles. The summed E-state index contributed by atoms with van der Waals surface area (Å²) in [5.41, 5.74) is 1.35. The third-order valence-corrected chi connectivity index (χ3v) is 4.72. The maximum atomic E-state index is 13.0. The normalized spacial score (nSPS) is 17.5. The van der Waals surface area contributed by atoms with Gasteiger partial charge in [0.15, 0.2) is 5.78 Å². The van der Waals surface area contributed by atoms with E-state index in [1.807, 2.05) is 43.0 Å². The second kappa shape index (κ2) is 9.01. The topological polar surface area (TPSA) is 76.5 Å². The fourth-order valence-electron chi connectivity index (χ4n) is 3.53. The molecule has 0 radical (unpaired) electrons. The lowest BCUT2D eigenvalue weighted by Gasteiger charge is -2.31. The van der Waals surface area contributed by atoms with Crippen molar-refractivity contribution in [2.24, 2.45) is 13.0 Å². The number of anilines is 1. The Kier molecular flexibility index (Phi) is 6.46. The quantitative estimate of drug-likeness (QED) is 0.743. The van der Waals surface area contributed by atoms with Crippen molar-refractivity contribution >= 4 is 17.4 Å². The molecule has 0 unspecified atom stereocenters. The number of nitrogens with one attached hydrogen (secondary N) is 1. The minimum Gasteiger partial charge on any atom is -0.491 e. The molecule has 1 aromatic carbocycles. The van der Waals surface area contributed by atoms with Crippen LogP contribution in [0.3, 0.4) is 0 Å². The Morgan fingerprint density at radius 1 is 1.36 bits per heavy atom. The van der Waals surface area contributed by atoms with Gasteiger partial charge in [0.05, 0.1) is 24.5 Å². The molecule has 1 amide bonds. The lowest BCUT2D eigenvalue weighted by Crippen LogP contribution is -2.42. The summed E-state index contributed by atoms with van der Waals surface area (Å²) in [5.74, 6) is 0.638. The van der Waals surface area contributed by atoms with Gasteiger partial charge in [0.2, 0.25) is 5.91 Å². The number of rotatable bonds is 7. The Morgan fingerprint density at radius 3 is 2.89 bits per heavy atom. The molecule has 28 heavy (non-hydrogen) atoms. The van der Waals surface area contributed by atoms with Gasteiger partial charge in [-0.1, -0.05) is 12.1 Å². The number of ether oxygens (including phenoxy) is 1. The molecule has 1 aliphatic rings. The first-order chi connectivity index (χ1) is 13.4. The van der Waals surface area contributed by atoms with Gasteiger partial charge in [0.25, 0.3) is 0 Å². The number of carbonyl (C=O) groups is 2. The fourth-order valence-corrected chi connectivity index (χ4v) is 3.53. The van der Waals surface area contributed by atoms with Gasteiger partial charge >= 0.3 is 0 Å². The lowest BCUT2D eigenvalue weighted by molar-refractivity contribution is -0.117. The summed E-state index contributed by atoms with van der Waals surface area (Å²) in [6.45, 7) is 5.61. The van der Waals surface area contributed by atoms with Crippen molar-refractivity contribution < 1.29 is 14.3 Å². The van der Waals surface area contributed by atoms with Gasteiger partial charge in [-0.3, -0.25) is 19.2 Å². The number of aromatic nitrogens is 2. The number of nitrogens with zero attached hydrogens (tertiary/aromatic N) is 3. The third-order valence-electron chi connectivity index (χ3n) is 4.72. The van der Waals surface area contributed by atoms with Crippen molar-refractivity contribution in [3.8, 4) is 5.75 Å². The maximum absolute atomic E-state index is 13.0. The third kappa shape index (κ3) is 5.42. The predicted molar refractivity (Wildman–Crippen MR) is 108 cm³/mol. The van der Waals surface area contributed by atoms with Crippen LogP contribution in [0.25, 0.3) is 0 Å². The molecule has 3 rings (SSSR count). The molecule has 1 aromatic heterocycles. The molecular formula is C21H28N4O3. The van der Waals surface area contributed by atoms with Crippen molar-refractivity contribution in [1.82, 2.24) is 14.7 Å². The van der Waals surface area contributed by atoms with Crippen LogP contribution in [0.5, 0.6) is 5.75 Å². The highest BCUT2D eigenvalue weighted by molar-refractivity contribution is 5.98. The zero-order chi connectivity index (χ0) is 20.1. The number of ketones is 1. The largest absolute Gasteiger partial charge is 0.491 e. The van der Waals surface area contributed by atoms with E-state index in [1.54, 1.807) is 24.1 Å². The van der Waals surface area contributed by atoms with Crippen molar-refractivity contribution in [1.29, 1.82) is 0 Å². The minimum atomic E-state index is -0.103. The Balaban J connectivity index is 1.58. The second-order valence-corrected chi connectivity index (χ2v) is 7.58. The van der Waals surface area contributed by atoms with Gasteiger partial charge in [-0.05, 0) is 45.4 Å². The summed E-state index contributed by atoms with van der Waals surface area (Å²) in [7, 11) is 1.80. The molecular weight excluding hydrogens is 356 g/mol. The van der Waals surface area contributed by atoms with Crippen molar-refractivity contribution in [3.63, 3.8) is 0 Å². The van der Waals surface area contributed by atoms with Crippen LogP contribution < -0.4 is 10.1 Å². The smallest absolute Gasteiger partial charge is 0.238 e. The molecule has 7 nitrogen and oxygen atoms in total. The number of carbonyl (C=O) groups excluding carboxylic acids is 2. The molecule has 1 N–H and O–H groups in total. The molecule has 0 bridgehead atoms. The summed E-state index contributed by atoms with van der Waals surface area (Å²) in [4.78, 5) is 27.3. The van der Waals surface area contributed by atoms with E-state index in [2.05, 4.69) is 10.4 Å². The van der Waals surface area contributed by atoms with Crippen LogP contribution in [0.15, 0.2) is 36.7 Å². The summed E-state index contributed by atoms with van der Waals surface area (Å²) in [5, 5.41) is 6.89. The predicted octanol–water partition coefficient (Wildman–Crippen LogP) is 2.74. The molecule has 1 atom stereocenters. The van der Waals surface area contributed by atoms with E-state index in [9.17, 15) is 9.59 Å². The molecule has 2 aromatic rings. The van der Waals surface area contributed by atoms with E-state index in [4.69, 9.17) is 4.74 Å². The Labute approximate surface area is 165 Å². The van der Waals surface area contributed by atoms with Crippen molar-refractivity contribution in [3.05, 3.63) is 42.2 Å². The lowest BCUT2D eigenvalue weighted by atomic mass is 9.90. The Hall–Kier alpha value is -2.67. The number of Topliss-reactive ketones (excluding diaryl/α,β-unsaturated/α-hetero) is 1. The van der Waals surface area contributed by atoms with Crippen molar-refractivity contribution in [2.45, 2.75) is 32.8 Å². The van der Waals surface area contributed by atoms with E-state index < -0.39 is 0 Å². The van der Waals surface area contributed by atoms with Gasteiger partial charge in [-0.15, -0.1) is 0 Å². The minimum absolute atomic E-state index is 0.0638. The van der Waals surface area contributed by atoms with Crippen molar-refractivity contribution in [2.75, 3.05) is 25.0 Å². The van der Waals surface area contributed by atoms with Gasteiger partial charge in [-0.2, -0.15) is 5.10 Å². The van der Waals surface area contributed by atoms with E-state index in [0.29, 0.717) is 23.5 Å². The molecule has 0 saturated carbocycles. The first kappa shape index (κ1) is 20.1. The number of benzene rings is 1. The van der Waals surface area contributed by atoms with E-state index in [1.165, 1.54) is 0 Å². The zero-order valence-electron chi connectivity index (χ0n) is 16.7. The highest BCUT2D eigenvalue weighted by atomic mass is 16.5. The molecule has 150 valence electrons. The Bertz CT molecular complexity index is 831. The van der Waals surface area contributed by atoms with Gasteiger partial charge in [-0.25, -0.2) is 0 Å². The molecule has 1 aliphatic heterocycles. The molecule has 1 fully saturated rings. The summed E-state index contributed by atoms with van der Waals surface area (Å²) in [6, 6.07) is 7.37. The van der Waals surface area contributed by atoms with Crippen LogP contribution in [0.2, 0.25) is 0 Å². The van der Waals surface area contributed by atoms with Crippen LogP contribution in [0.4, 0.5) is 5.69 Å². The highest BCUT2D eigenvalue weighted by Crippen LogP contribution is 2.23. The highest BCUT2D eigenvalue weighted by Gasteiger charge is 2.27. The number of likely N-dealkylation sites (tertiary alicyclic amines) is 1. The standard InChI is InChI=1S/C21H28N4O3/c1-15(2)28-19-8-4-6-16(10-19)21(27)17-7-5-9-25(12-17)14-20(26)23-18-11-22-24(3)13-18/h4,6,8,10-11,13,15,17H,5,7,9,12,14H2,1-3H3,(H,23,26)/t17-/m0/s1. The van der Waals surface area contributed by atoms with E-state index >= 15 is 0 Å².